The third-order valence-corrected chi connectivity index (χ3v) is 6.04. The number of rotatable bonds is 10. The molecule has 2 rings (SSSR count). The van der Waals surface area contributed by atoms with E-state index in [0.717, 1.165) is 12.8 Å². The van der Waals surface area contributed by atoms with Crippen molar-refractivity contribution < 1.29 is 14.3 Å². The molecule has 0 heterocycles. The number of carbonyl (C=O) groups excluding carboxylic acids is 2. The summed E-state index contributed by atoms with van der Waals surface area (Å²) in [4.78, 5) is 27.1. The summed E-state index contributed by atoms with van der Waals surface area (Å²) < 4.78 is 6.30. The molecule has 2 aromatic rings. The molecule has 0 aromatic heterocycles. The van der Waals surface area contributed by atoms with Crippen molar-refractivity contribution in [1.82, 2.24) is 10.2 Å². The molecule has 0 aliphatic heterocycles. The zero-order valence-electron chi connectivity index (χ0n) is 17.3. The van der Waals surface area contributed by atoms with Crippen LogP contribution >= 0.6 is 50.7 Å². The molecule has 1 atom stereocenters. The molecule has 1 N–H and O–H groups in total. The number of nitrogens with one attached hydrogen (secondary N) is 1. The predicted molar refractivity (Wildman–Crippen MR) is 129 cm³/mol. The summed E-state index contributed by atoms with van der Waals surface area (Å²) in [6.07, 6.45) is 1.82. The van der Waals surface area contributed by atoms with Crippen LogP contribution in [0.1, 0.15) is 32.3 Å². The number of ether oxygens (including phenoxy) is 1. The maximum Gasteiger partial charge on any atom is 0.261 e. The zero-order chi connectivity index (χ0) is 23.0. The van der Waals surface area contributed by atoms with Crippen molar-refractivity contribution in [3.63, 3.8) is 0 Å². The lowest BCUT2D eigenvalue weighted by molar-refractivity contribution is -0.142. The molecule has 0 radical (unpaired) electrons. The average molecular weight is 551 g/mol. The van der Waals surface area contributed by atoms with Crippen LogP contribution in [0, 0.1) is 0 Å². The molecule has 0 aliphatic carbocycles. The molecule has 0 spiro atoms. The number of amides is 2. The van der Waals surface area contributed by atoms with E-state index in [1.807, 2.05) is 6.92 Å². The van der Waals surface area contributed by atoms with Crippen LogP contribution in [0.15, 0.2) is 40.9 Å². The second-order valence-corrected chi connectivity index (χ2v) is 9.08. The number of hydrogen-bond acceptors (Lipinski definition) is 3. The molecule has 0 saturated carbocycles. The van der Waals surface area contributed by atoms with Gasteiger partial charge in [-0.25, -0.2) is 0 Å². The summed E-state index contributed by atoms with van der Waals surface area (Å²) in [7, 11) is 0. The fourth-order valence-electron chi connectivity index (χ4n) is 2.77. The van der Waals surface area contributed by atoms with E-state index in [0.29, 0.717) is 37.4 Å². The average Bonchev–Trinajstić information content (AvgIpc) is 2.72. The number of benzene rings is 2. The van der Waals surface area contributed by atoms with Gasteiger partial charge in [-0.1, -0.05) is 54.2 Å². The van der Waals surface area contributed by atoms with E-state index in [9.17, 15) is 9.59 Å². The molecule has 0 bridgehead atoms. The summed E-state index contributed by atoms with van der Waals surface area (Å²) in [5, 5.41) is 4.33. The molecule has 0 fully saturated rings. The SMILES string of the molecule is CCCCNC(=O)[C@H](C)N(Cc1ccc(Cl)cc1Cl)C(=O)COc1ccc(Cl)cc1Br. The Bertz CT molecular complexity index is 927. The fraction of sp³-hybridized carbons (Fsp3) is 0.364. The fourth-order valence-corrected chi connectivity index (χ4v) is 4.03. The van der Waals surface area contributed by atoms with E-state index in [-0.39, 0.29) is 25.0 Å². The van der Waals surface area contributed by atoms with Gasteiger partial charge in [0, 0.05) is 28.2 Å². The van der Waals surface area contributed by atoms with E-state index < -0.39 is 6.04 Å². The van der Waals surface area contributed by atoms with Gasteiger partial charge < -0.3 is 15.0 Å². The molecule has 9 heteroatoms. The van der Waals surface area contributed by atoms with Gasteiger partial charge in [-0.2, -0.15) is 0 Å². The molecule has 0 aliphatic rings. The highest BCUT2D eigenvalue weighted by Gasteiger charge is 2.27. The van der Waals surface area contributed by atoms with Crippen molar-refractivity contribution in [2.24, 2.45) is 0 Å². The van der Waals surface area contributed by atoms with Crippen molar-refractivity contribution in [1.29, 1.82) is 0 Å². The normalized spacial score (nSPS) is 11.7. The molecule has 2 aromatic carbocycles. The van der Waals surface area contributed by atoms with Gasteiger partial charge in [0.15, 0.2) is 6.61 Å². The Balaban J connectivity index is 2.18. The van der Waals surface area contributed by atoms with Crippen LogP contribution in [0.4, 0.5) is 0 Å². The Hall–Kier alpha value is -1.47. The molecule has 31 heavy (non-hydrogen) atoms. The van der Waals surface area contributed by atoms with Gasteiger partial charge in [0.2, 0.25) is 5.91 Å². The topological polar surface area (TPSA) is 58.6 Å². The summed E-state index contributed by atoms with van der Waals surface area (Å²) in [6.45, 7) is 4.17. The lowest BCUT2D eigenvalue weighted by atomic mass is 10.1. The molecule has 0 saturated heterocycles. The Labute approximate surface area is 206 Å². The van der Waals surface area contributed by atoms with Crippen LogP contribution < -0.4 is 10.1 Å². The van der Waals surface area contributed by atoms with Gasteiger partial charge in [0.25, 0.3) is 5.91 Å². The van der Waals surface area contributed by atoms with E-state index >= 15 is 0 Å². The molecular formula is C22H24BrCl3N2O3. The summed E-state index contributed by atoms with van der Waals surface area (Å²) >= 11 is 21.6. The quantitative estimate of drug-likeness (QED) is 0.363. The van der Waals surface area contributed by atoms with Crippen molar-refractivity contribution in [3.05, 3.63) is 61.5 Å². The summed E-state index contributed by atoms with van der Waals surface area (Å²) in [6, 6.07) is 9.34. The molecular weight excluding hydrogens is 527 g/mol. The number of unbranched alkanes of at least 4 members (excludes halogenated alkanes) is 1. The van der Waals surface area contributed by atoms with Gasteiger partial charge in [-0.05, 0) is 65.2 Å². The van der Waals surface area contributed by atoms with E-state index in [1.165, 1.54) is 4.90 Å². The van der Waals surface area contributed by atoms with Crippen LogP contribution in [0.2, 0.25) is 15.1 Å². The zero-order valence-corrected chi connectivity index (χ0v) is 21.1. The minimum absolute atomic E-state index is 0.141. The first-order valence-corrected chi connectivity index (χ1v) is 11.7. The van der Waals surface area contributed by atoms with Gasteiger partial charge in [-0.15, -0.1) is 0 Å². The first-order valence-electron chi connectivity index (χ1n) is 9.81. The monoisotopic (exact) mass is 548 g/mol. The van der Waals surface area contributed by atoms with Crippen molar-refractivity contribution >= 4 is 62.5 Å². The largest absolute Gasteiger partial charge is 0.483 e. The lowest BCUT2D eigenvalue weighted by Gasteiger charge is -2.29. The highest BCUT2D eigenvalue weighted by atomic mass is 79.9. The Morgan fingerprint density at radius 3 is 2.45 bits per heavy atom. The number of hydrogen-bond donors (Lipinski definition) is 1. The number of carbonyl (C=O) groups is 2. The van der Waals surface area contributed by atoms with E-state index in [1.54, 1.807) is 43.3 Å². The third-order valence-electron chi connectivity index (χ3n) is 4.60. The highest BCUT2D eigenvalue weighted by Crippen LogP contribution is 2.28. The third kappa shape index (κ3) is 7.86. The van der Waals surface area contributed by atoms with Crippen molar-refractivity contribution in [2.45, 2.75) is 39.3 Å². The molecule has 168 valence electrons. The molecule has 0 unspecified atom stereocenters. The van der Waals surface area contributed by atoms with Gasteiger partial charge in [0.05, 0.1) is 4.47 Å². The minimum atomic E-state index is -0.714. The molecule has 5 nitrogen and oxygen atoms in total. The van der Waals surface area contributed by atoms with E-state index in [4.69, 9.17) is 39.5 Å². The van der Waals surface area contributed by atoms with Crippen LogP contribution in [0.25, 0.3) is 0 Å². The highest BCUT2D eigenvalue weighted by molar-refractivity contribution is 9.10. The van der Waals surface area contributed by atoms with Crippen LogP contribution in [0.5, 0.6) is 5.75 Å². The standard InChI is InChI=1S/C22H24BrCl3N2O3/c1-3-4-9-27-22(30)14(2)28(12-15-5-6-17(25)11-19(15)26)21(29)13-31-20-8-7-16(24)10-18(20)23/h5-8,10-11,14H,3-4,9,12-13H2,1-2H3,(H,27,30)/t14-/m0/s1. The first-order chi connectivity index (χ1) is 14.7. The second kappa shape index (κ2) is 12.5. The Kier molecular flexibility index (Phi) is 10.4. The van der Waals surface area contributed by atoms with Crippen LogP contribution in [-0.2, 0) is 16.1 Å². The van der Waals surface area contributed by atoms with Gasteiger partial charge in [-0.3, -0.25) is 9.59 Å². The summed E-state index contributed by atoms with van der Waals surface area (Å²) in [5.41, 5.74) is 0.681. The maximum absolute atomic E-state index is 13.1. The Morgan fingerprint density at radius 2 is 1.81 bits per heavy atom. The minimum Gasteiger partial charge on any atom is -0.483 e. The van der Waals surface area contributed by atoms with Gasteiger partial charge in [0.1, 0.15) is 11.8 Å². The lowest BCUT2D eigenvalue weighted by Crippen LogP contribution is -2.49. The van der Waals surface area contributed by atoms with Crippen molar-refractivity contribution in [2.75, 3.05) is 13.2 Å². The maximum atomic E-state index is 13.1. The van der Waals surface area contributed by atoms with Gasteiger partial charge >= 0.3 is 0 Å². The first kappa shape index (κ1) is 25.8. The van der Waals surface area contributed by atoms with E-state index in [2.05, 4.69) is 21.2 Å². The summed E-state index contributed by atoms with van der Waals surface area (Å²) in [5.74, 6) is -0.118. The number of halogens is 4. The smallest absolute Gasteiger partial charge is 0.261 e. The van der Waals surface area contributed by atoms with Crippen LogP contribution in [-0.4, -0.2) is 35.9 Å². The predicted octanol–water partition coefficient (Wildman–Crippen LogP) is 6.12. The number of nitrogens with zero attached hydrogens (tertiary/aromatic N) is 1. The van der Waals surface area contributed by atoms with Crippen molar-refractivity contribution in [3.8, 4) is 5.75 Å². The van der Waals surface area contributed by atoms with Crippen LogP contribution in [0.3, 0.4) is 0 Å². The Morgan fingerprint density at radius 1 is 1.13 bits per heavy atom. The second-order valence-electron chi connectivity index (χ2n) is 6.94. The molecule has 2 amide bonds.